The molecule has 0 aliphatic carbocycles. The van der Waals surface area contributed by atoms with Gasteiger partial charge in [-0.3, -0.25) is 4.57 Å². The summed E-state index contributed by atoms with van der Waals surface area (Å²) in [7, 11) is -3.38. The zero-order valence-corrected chi connectivity index (χ0v) is 8.43. The Balaban J connectivity index is 4.36. The molecule has 0 radical (unpaired) electrons. The normalized spacial score (nSPS) is 18.5. The summed E-state index contributed by atoms with van der Waals surface area (Å²) in [4.78, 5) is 9.33. The fourth-order valence-corrected chi connectivity index (χ4v) is 2.16. The topological polar surface area (TPSA) is 57.5 Å². The molecule has 0 aromatic heterocycles. The van der Waals surface area contributed by atoms with Gasteiger partial charge in [-0.05, 0) is 19.8 Å². The van der Waals surface area contributed by atoms with E-state index in [1.807, 2.05) is 13.8 Å². The Labute approximate surface area is 67.9 Å². The van der Waals surface area contributed by atoms with Crippen molar-refractivity contribution < 1.29 is 14.6 Å². The molecule has 3 nitrogen and oxygen atoms in total. The summed E-state index contributed by atoms with van der Waals surface area (Å²) in [5, 5.41) is 7.82. The quantitative estimate of drug-likeness (QED) is 0.649. The summed E-state index contributed by atoms with van der Waals surface area (Å²) in [5.41, 5.74) is 0. The Hall–Kier alpha value is 0.150. The highest BCUT2D eigenvalue weighted by atomic mass is 31.2. The second kappa shape index (κ2) is 3.26. The third-order valence-corrected chi connectivity index (χ3v) is 4.40. The first-order chi connectivity index (χ1) is 4.67. The van der Waals surface area contributed by atoms with Crippen LogP contribution in [0.2, 0.25) is 0 Å². The van der Waals surface area contributed by atoms with Crippen LogP contribution in [0.5, 0.6) is 0 Å². The third-order valence-electron chi connectivity index (χ3n) is 1.47. The molecule has 0 rings (SSSR count). The molecule has 0 heterocycles. The molecule has 4 heteroatoms. The smallest absolute Gasteiger partial charge is 0.230 e. The first-order valence-corrected chi connectivity index (χ1v) is 5.55. The van der Waals surface area contributed by atoms with Crippen LogP contribution < -0.4 is 0 Å². The van der Waals surface area contributed by atoms with Crippen molar-refractivity contribution in [3.8, 4) is 0 Å². The standard InChI is InChI=1S/C7H17O3P/c1-6(2)5-11(9,10)7(3,4)8/h6,8H,5H2,1-4H3,(H,9,10). The maximum absolute atomic E-state index is 11.4. The minimum absolute atomic E-state index is 0.136. The molecule has 1 unspecified atom stereocenters. The van der Waals surface area contributed by atoms with Gasteiger partial charge in [0.25, 0.3) is 0 Å². The molecule has 0 aromatic carbocycles. The van der Waals surface area contributed by atoms with Crippen LogP contribution in [-0.4, -0.2) is 21.5 Å². The monoisotopic (exact) mass is 180 g/mol. The lowest BCUT2D eigenvalue weighted by molar-refractivity contribution is 0.147. The fourth-order valence-electron chi connectivity index (χ4n) is 0.718. The summed E-state index contributed by atoms with van der Waals surface area (Å²) < 4.78 is 11.4. The van der Waals surface area contributed by atoms with Crippen LogP contribution in [0, 0.1) is 5.92 Å². The molecular weight excluding hydrogens is 163 g/mol. The van der Waals surface area contributed by atoms with Crippen molar-refractivity contribution in [1.82, 2.24) is 0 Å². The molecule has 0 bridgehead atoms. The summed E-state index contributed by atoms with van der Waals surface area (Å²) in [6.07, 6.45) is 0.177. The minimum Gasteiger partial charge on any atom is -0.380 e. The molecule has 0 saturated carbocycles. The number of rotatable bonds is 3. The van der Waals surface area contributed by atoms with Crippen molar-refractivity contribution >= 4 is 7.37 Å². The average Bonchev–Trinajstić information content (AvgIpc) is 1.56. The predicted octanol–water partition coefficient (Wildman–Crippen LogP) is 1.64. The van der Waals surface area contributed by atoms with Gasteiger partial charge in [-0.25, -0.2) is 0 Å². The molecule has 0 aliphatic heterocycles. The lowest BCUT2D eigenvalue weighted by Gasteiger charge is -2.25. The maximum Gasteiger partial charge on any atom is 0.230 e. The fraction of sp³-hybridized carbons (Fsp3) is 1.00. The van der Waals surface area contributed by atoms with Gasteiger partial charge < -0.3 is 10.00 Å². The van der Waals surface area contributed by atoms with E-state index in [9.17, 15) is 14.6 Å². The summed E-state index contributed by atoms with van der Waals surface area (Å²) in [6, 6.07) is 0. The highest BCUT2D eigenvalue weighted by molar-refractivity contribution is 7.59. The molecule has 0 amide bonds. The van der Waals surface area contributed by atoms with Gasteiger partial charge in [0.15, 0.2) is 0 Å². The van der Waals surface area contributed by atoms with Gasteiger partial charge in [0.1, 0.15) is 5.34 Å². The molecule has 0 saturated heterocycles. The predicted molar refractivity (Wildman–Crippen MR) is 45.8 cm³/mol. The van der Waals surface area contributed by atoms with Crippen LogP contribution >= 0.6 is 7.37 Å². The van der Waals surface area contributed by atoms with Gasteiger partial charge in [-0.1, -0.05) is 13.8 Å². The minimum atomic E-state index is -3.38. The molecule has 11 heavy (non-hydrogen) atoms. The Bertz CT molecular complexity index is 169. The molecule has 0 spiro atoms. The molecule has 0 fully saturated rings. The van der Waals surface area contributed by atoms with Gasteiger partial charge >= 0.3 is 0 Å². The second-order valence-corrected chi connectivity index (χ2v) is 6.64. The van der Waals surface area contributed by atoms with Crippen molar-refractivity contribution in [3.63, 3.8) is 0 Å². The number of hydrogen-bond acceptors (Lipinski definition) is 2. The molecule has 1 atom stereocenters. The van der Waals surface area contributed by atoms with E-state index < -0.39 is 12.7 Å². The lowest BCUT2D eigenvalue weighted by atomic mass is 10.3. The van der Waals surface area contributed by atoms with Crippen LogP contribution in [0.3, 0.4) is 0 Å². The Morgan fingerprint density at radius 3 is 1.91 bits per heavy atom. The van der Waals surface area contributed by atoms with Gasteiger partial charge in [0, 0.05) is 6.16 Å². The van der Waals surface area contributed by atoms with E-state index in [-0.39, 0.29) is 12.1 Å². The Morgan fingerprint density at radius 2 is 1.82 bits per heavy atom. The highest BCUT2D eigenvalue weighted by Gasteiger charge is 2.36. The van der Waals surface area contributed by atoms with Gasteiger partial charge in [-0.15, -0.1) is 0 Å². The summed E-state index contributed by atoms with van der Waals surface area (Å²) in [5.74, 6) is 0.136. The van der Waals surface area contributed by atoms with Gasteiger partial charge in [0.05, 0.1) is 0 Å². The van der Waals surface area contributed by atoms with Crippen molar-refractivity contribution in [2.24, 2.45) is 5.92 Å². The van der Waals surface area contributed by atoms with Crippen molar-refractivity contribution in [2.45, 2.75) is 33.0 Å². The zero-order valence-electron chi connectivity index (χ0n) is 7.53. The molecule has 0 aromatic rings. The first-order valence-electron chi connectivity index (χ1n) is 3.71. The number of aliphatic hydroxyl groups is 1. The number of hydrogen-bond donors (Lipinski definition) is 2. The summed E-state index contributed by atoms with van der Waals surface area (Å²) in [6.45, 7) is 6.45. The van der Waals surface area contributed by atoms with E-state index in [0.717, 1.165) is 0 Å². The van der Waals surface area contributed by atoms with Crippen LogP contribution in [0.4, 0.5) is 0 Å². The highest BCUT2D eigenvalue weighted by Crippen LogP contribution is 2.53. The van der Waals surface area contributed by atoms with Crippen molar-refractivity contribution in [3.05, 3.63) is 0 Å². The SMILES string of the molecule is CC(C)CP(=O)(O)C(C)(C)O. The van der Waals surface area contributed by atoms with Crippen molar-refractivity contribution in [1.29, 1.82) is 0 Å². The van der Waals surface area contributed by atoms with E-state index in [0.29, 0.717) is 0 Å². The lowest BCUT2D eigenvalue weighted by Crippen LogP contribution is -2.22. The van der Waals surface area contributed by atoms with E-state index in [1.165, 1.54) is 13.8 Å². The van der Waals surface area contributed by atoms with E-state index in [1.54, 1.807) is 0 Å². The van der Waals surface area contributed by atoms with Crippen LogP contribution in [0.25, 0.3) is 0 Å². The largest absolute Gasteiger partial charge is 0.380 e. The van der Waals surface area contributed by atoms with E-state index in [4.69, 9.17) is 0 Å². The van der Waals surface area contributed by atoms with Gasteiger partial charge in [-0.2, -0.15) is 0 Å². The maximum atomic E-state index is 11.4. The zero-order chi connectivity index (χ0) is 9.28. The van der Waals surface area contributed by atoms with Gasteiger partial charge in [0.2, 0.25) is 7.37 Å². The van der Waals surface area contributed by atoms with Crippen LogP contribution in [0.1, 0.15) is 27.7 Å². The molecule has 2 N–H and O–H groups in total. The first kappa shape index (κ1) is 11.2. The van der Waals surface area contributed by atoms with Crippen LogP contribution in [0.15, 0.2) is 0 Å². The van der Waals surface area contributed by atoms with Crippen molar-refractivity contribution in [2.75, 3.05) is 6.16 Å². The molecule has 68 valence electrons. The Kier molecular flexibility index (Phi) is 3.30. The Morgan fingerprint density at radius 1 is 1.45 bits per heavy atom. The molecule has 0 aliphatic rings. The van der Waals surface area contributed by atoms with E-state index >= 15 is 0 Å². The summed E-state index contributed by atoms with van der Waals surface area (Å²) >= 11 is 0. The second-order valence-electron chi connectivity index (χ2n) is 3.77. The van der Waals surface area contributed by atoms with E-state index in [2.05, 4.69) is 0 Å². The average molecular weight is 180 g/mol. The van der Waals surface area contributed by atoms with Crippen LogP contribution in [-0.2, 0) is 4.57 Å². The third kappa shape index (κ3) is 3.37. The molecular formula is C7H17O3P.